The van der Waals surface area contributed by atoms with Crippen molar-refractivity contribution in [3.63, 3.8) is 0 Å². The van der Waals surface area contributed by atoms with Gasteiger partial charge in [-0.2, -0.15) is 0 Å². The summed E-state index contributed by atoms with van der Waals surface area (Å²) >= 11 is 3.44. The molecule has 0 radical (unpaired) electrons. The molecule has 0 spiro atoms. The number of hydrogen-bond acceptors (Lipinski definition) is 5. The van der Waals surface area contributed by atoms with Crippen LogP contribution in [0.15, 0.2) is 27.9 Å². The number of benzene rings is 1. The predicted octanol–water partition coefficient (Wildman–Crippen LogP) is 3.68. The smallest absolute Gasteiger partial charge is 0.338 e. The highest BCUT2D eigenvalue weighted by Gasteiger charge is 2.37. The number of nitrogens with one attached hydrogen (secondary N) is 2. The van der Waals surface area contributed by atoms with Crippen LogP contribution in [-0.4, -0.2) is 32.3 Å². The van der Waals surface area contributed by atoms with Crippen molar-refractivity contribution < 1.29 is 23.8 Å². The van der Waals surface area contributed by atoms with Crippen LogP contribution in [-0.2, 0) is 9.53 Å². The van der Waals surface area contributed by atoms with E-state index in [9.17, 15) is 9.59 Å². The minimum Gasteiger partial charge on any atom is -0.493 e. The molecule has 1 unspecified atom stereocenters. The Kier molecular flexibility index (Phi) is 6.75. The number of methoxy groups -OCH3 is 2. The first-order chi connectivity index (χ1) is 12.7. The Morgan fingerprint density at radius 3 is 2.33 bits per heavy atom. The Hall–Kier alpha value is -2.22. The molecule has 0 saturated heterocycles. The molecule has 2 N–H and O–H groups in total. The van der Waals surface area contributed by atoms with Gasteiger partial charge in [0.15, 0.2) is 11.5 Å². The third-order valence-electron chi connectivity index (χ3n) is 4.03. The topological polar surface area (TPSA) is 85.9 Å². The van der Waals surface area contributed by atoms with Gasteiger partial charge in [0, 0.05) is 15.7 Å². The zero-order valence-electron chi connectivity index (χ0n) is 16.3. The number of hydrogen-bond donors (Lipinski definition) is 2. The Labute approximate surface area is 167 Å². The van der Waals surface area contributed by atoms with Crippen LogP contribution in [0.3, 0.4) is 0 Å². The molecule has 1 atom stereocenters. The average Bonchev–Trinajstić information content (AvgIpc) is 2.59. The maximum Gasteiger partial charge on any atom is 0.338 e. The van der Waals surface area contributed by atoms with Crippen LogP contribution in [0.4, 0.5) is 4.79 Å². The standard InChI is InChI=1S/C19H25BrN2O5/c1-9(2)15-14(18(23)27-10(3)4)16(22-19(24)21-15)12-7-11(20)8-13(25-5)17(12)26-6/h7-10,16H,1-6H3,(H2,21,22,24). The van der Waals surface area contributed by atoms with E-state index >= 15 is 0 Å². The maximum absolute atomic E-state index is 12.9. The summed E-state index contributed by atoms with van der Waals surface area (Å²) in [6.07, 6.45) is -0.296. The van der Waals surface area contributed by atoms with Crippen LogP contribution in [0.1, 0.15) is 39.3 Å². The zero-order valence-corrected chi connectivity index (χ0v) is 17.9. The van der Waals surface area contributed by atoms with Crippen LogP contribution in [0.2, 0.25) is 0 Å². The van der Waals surface area contributed by atoms with Gasteiger partial charge >= 0.3 is 12.0 Å². The normalized spacial score (nSPS) is 16.9. The van der Waals surface area contributed by atoms with E-state index in [0.29, 0.717) is 28.3 Å². The van der Waals surface area contributed by atoms with E-state index in [1.54, 1.807) is 26.0 Å². The van der Waals surface area contributed by atoms with Gasteiger partial charge in [-0.3, -0.25) is 0 Å². The van der Waals surface area contributed by atoms with Crippen molar-refractivity contribution in [3.05, 3.63) is 33.4 Å². The highest BCUT2D eigenvalue weighted by molar-refractivity contribution is 9.10. The van der Waals surface area contributed by atoms with Crippen molar-refractivity contribution >= 4 is 27.9 Å². The highest BCUT2D eigenvalue weighted by atomic mass is 79.9. The first kappa shape index (κ1) is 21.1. The number of halogens is 1. The molecule has 1 aliphatic rings. The maximum atomic E-state index is 12.9. The van der Waals surface area contributed by atoms with Crippen molar-refractivity contribution in [2.45, 2.75) is 39.8 Å². The largest absolute Gasteiger partial charge is 0.493 e. The second kappa shape index (κ2) is 8.65. The number of amides is 2. The monoisotopic (exact) mass is 440 g/mol. The van der Waals surface area contributed by atoms with Crippen LogP contribution in [0.25, 0.3) is 0 Å². The molecule has 148 valence electrons. The highest BCUT2D eigenvalue weighted by Crippen LogP contribution is 2.42. The molecule has 0 aliphatic carbocycles. The van der Waals surface area contributed by atoms with Crippen LogP contribution < -0.4 is 20.1 Å². The number of rotatable bonds is 6. The van der Waals surface area contributed by atoms with Crippen molar-refractivity contribution in [1.29, 1.82) is 0 Å². The van der Waals surface area contributed by atoms with Crippen LogP contribution >= 0.6 is 15.9 Å². The van der Waals surface area contributed by atoms with Gasteiger partial charge in [0.05, 0.1) is 31.9 Å². The zero-order chi connectivity index (χ0) is 20.3. The number of carbonyl (C=O) groups excluding carboxylic acids is 2. The fraction of sp³-hybridized carbons (Fsp3) is 0.474. The third-order valence-corrected chi connectivity index (χ3v) is 4.48. The van der Waals surface area contributed by atoms with E-state index in [0.717, 1.165) is 4.47 Å². The van der Waals surface area contributed by atoms with E-state index in [1.165, 1.54) is 14.2 Å². The molecule has 27 heavy (non-hydrogen) atoms. The number of allylic oxidation sites excluding steroid dienone is 1. The Morgan fingerprint density at radius 1 is 1.15 bits per heavy atom. The van der Waals surface area contributed by atoms with Crippen molar-refractivity contribution in [1.82, 2.24) is 10.6 Å². The Morgan fingerprint density at radius 2 is 1.81 bits per heavy atom. The van der Waals surface area contributed by atoms with Crippen molar-refractivity contribution in [3.8, 4) is 11.5 Å². The van der Waals surface area contributed by atoms with Gasteiger partial charge in [-0.1, -0.05) is 29.8 Å². The number of urea groups is 1. The molecule has 2 amide bonds. The lowest BCUT2D eigenvalue weighted by atomic mass is 9.90. The number of ether oxygens (including phenoxy) is 3. The molecular formula is C19H25BrN2O5. The van der Waals surface area contributed by atoms with Gasteiger partial charge in [0.1, 0.15) is 0 Å². The molecule has 8 heteroatoms. The minimum absolute atomic E-state index is 0.0895. The molecule has 0 bridgehead atoms. The van der Waals surface area contributed by atoms with Gasteiger partial charge < -0.3 is 24.8 Å². The second-order valence-electron chi connectivity index (χ2n) is 6.70. The lowest BCUT2D eigenvalue weighted by Gasteiger charge is -2.32. The third kappa shape index (κ3) is 4.55. The lowest BCUT2D eigenvalue weighted by molar-refractivity contribution is -0.143. The summed E-state index contributed by atoms with van der Waals surface area (Å²) in [7, 11) is 3.04. The fourth-order valence-electron chi connectivity index (χ4n) is 2.95. The fourth-order valence-corrected chi connectivity index (χ4v) is 3.41. The summed E-state index contributed by atoms with van der Waals surface area (Å²) in [5.74, 6) is 0.337. The Bertz CT molecular complexity index is 774. The number of esters is 1. The number of carbonyl (C=O) groups is 2. The Balaban J connectivity index is 2.72. The molecule has 1 aliphatic heterocycles. The summed E-state index contributed by atoms with van der Waals surface area (Å²) in [5.41, 5.74) is 1.46. The van der Waals surface area contributed by atoms with Crippen molar-refractivity contribution in [2.24, 2.45) is 5.92 Å². The first-order valence-electron chi connectivity index (χ1n) is 8.63. The van der Waals surface area contributed by atoms with Crippen molar-refractivity contribution in [2.75, 3.05) is 14.2 Å². The molecule has 2 rings (SSSR count). The van der Waals surface area contributed by atoms with E-state index in [1.807, 2.05) is 13.8 Å². The SMILES string of the molecule is COc1cc(Br)cc(C2NC(=O)NC(C(C)C)=C2C(=O)OC(C)C)c1OC. The molecule has 7 nitrogen and oxygen atoms in total. The van der Waals surface area contributed by atoms with Crippen LogP contribution in [0, 0.1) is 5.92 Å². The second-order valence-corrected chi connectivity index (χ2v) is 7.61. The van der Waals surface area contributed by atoms with Gasteiger partial charge in [-0.15, -0.1) is 0 Å². The van der Waals surface area contributed by atoms with Gasteiger partial charge in [-0.25, -0.2) is 9.59 Å². The summed E-state index contributed by atoms with van der Waals surface area (Å²) in [4.78, 5) is 25.2. The quantitative estimate of drug-likeness (QED) is 0.658. The van der Waals surface area contributed by atoms with E-state index in [2.05, 4.69) is 26.6 Å². The molecule has 0 fully saturated rings. The molecule has 1 heterocycles. The molecule has 0 aromatic heterocycles. The average molecular weight is 441 g/mol. The summed E-state index contributed by atoms with van der Waals surface area (Å²) in [6.45, 7) is 7.36. The first-order valence-corrected chi connectivity index (χ1v) is 9.42. The van der Waals surface area contributed by atoms with Crippen LogP contribution in [0.5, 0.6) is 11.5 Å². The summed E-state index contributed by atoms with van der Waals surface area (Å²) in [6, 6.07) is 2.40. The molecular weight excluding hydrogens is 416 g/mol. The molecule has 0 saturated carbocycles. The van der Waals surface area contributed by atoms with E-state index in [4.69, 9.17) is 14.2 Å². The summed E-state index contributed by atoms with van der Waals surface area (Å²) in [5, 5.41) is 5.56. The summed E-state index contributed by atoms with van der Waals surface area (Å²) < 4.78 is 17.1. The molecule has 1 aromatic rings. The lowest BCUT2D eigenvalue weighted by Crippen LogP contribution is -2.47. The van der Waals surface area contributed by atoms with Gasteiger partial charge in [0.25, 0.3) is 0 Å². The van der Waals surface area contributed by atoms with Gasteiger partial charge in [0.2, 0.25) is 0 Å². The van der Waals surface area contributed by atoms with Gasteiger partial charge in [-0.05, 0) is 31.9 Å². The van der Waals surface area contributed by atoms with E-state index in [-0.39, 0.29) is 12.0 Å². The molecule has 1 aromatic carbocycles. The van der Waals surface area contributed by atoms with E-state index < -0.39 is 18.0 Å². The predicted molar refractivity (Wildman–Crippen MR) is 105 cm³/mol. The minimum atomic E-state index is -0.747.